The lowest BCUT2D eigenvalue weighted by Crippen LogP contribution is -2.16. The number of hydrogen-bond acceptors (Lipinski definition) is 10. The molecule has 1 N–H and O–H groups in total. The zero-order chi connectivity index (χ0) is 25.4. The number of carbonyl (C=O) groups is 3. The molecule has 3 rings (SSSR count). The zero-order valence-electron chi connectivity index (χ0n) is 19.2. The van der Waals surface area contributed by atoms with E-state index in [2.05, 4.69) is 19.8 Å². The average Bonchev–Trinajstić information content (AvgIpc) is 3.18. The number of anilines is 1. The lowest BCUT2D eigenvalue weighted by molar-refractivity contribution is -0.0113. The third kappa shape index (κ3) is 7.12. The van der Waals surface area contributed by atoms with E-state index >= 15 is 0 Å². The summed E-state index contributed by atoms with van der Waals surface area (Å²) in [5, 5.41) is 2.44. The van der Waals surface area contributed by atoms with Gasteiger partial charge in [0.2, 0.25) is 12.7 Å². The largest absolute Gasteiger partial charge is 0.510 e. The Kier molecular flexibility index (Phi) is 8.96. The molecule has 0 aliphatic carbocycles. The third-order valence-electron chi connectivity index (χ3n) is 4.44. The maximum Gasteiger partial charge on any atom is 0.510 e. The number of benzene rings is 2. The van der Waals surface area contributed by atoms with Crippen LogP contribution in [-0.4, -0.2) is 47.6 Å². The number of carbonyl (C=O) groups excluding carboxylic acids is 3. The fourth-order valence-electron chi connectivity index (χ4n) is 2.91. The first kappa shape index (κ1) is 25.9. The molecule has 0 radical (unpaired) electrons. The van der Waals surface area contributed by atoms with Gasteiger partial charge >= 0.3 is 20.5 Å². The van der Waals surface area contributed by atoms with E-state index in [0.717, 1.165) is 0 Å². The normalized spacial score (nSPS) is 11.8. The minimum Gasteiger partial charge on any atom is -0.453 e. The summed E-state index contributed by atoms with van der Waals surface area (Å²) in [5.74, 6) is -0.169. The molecule has 1 amide bonds. The first-order valence-electron chi connectivity index (χ1n) is 10.4. The van der Waals surface area contributed by atoms with E-state index in [0.29, 0.717) is 22.2 Å². The van der Waals surface area contributed by atoms with Crippen molar-refractivity contribution >= 4 is 43.3 Å². The van der Waals surface area contributed by atoms with Gasteiger partial charge in [0, 0.05) is 11.1 Å². The summed E-state index contributed by atoms with van der Waals surface area (Å²) in [6.07, 6.45) is -2.14. The van der Waals surface area contributed by atoms with Crippen molar-refractivity contribution in [3.8, 4) is 0 Å². The standard InChI is InChI=1S/C22H24N3O9P/c1-14(2)34-22(28)31-13-33-35(29)32-12-25-18-10-9-16(19(26)15-7-5-4-6-8-15)11-17(18)23-20(25)24-21(27)30-3/h4-11,14,35H,12-13H2,1-3H3,(H,23,24,27). The van der Waals surface area contributed by atoms with Crippen LogP contribution in [0.4, 0.5) is 15.5 Å². The summed E-state index contributed by atoms with van der Waals surface area (Å²) in [6.45, 7) is 2.32. The van der Waals surface area contributed by atoms with Gasteiger partial charge in [-0.05, 0) is 32.0 Å². The Hall–Kier alpha value is -3.73. The molecule has 0 saturated heterocycles. The van der Waals surface area contributed by atoms with Gasteiger partial charge in [-0.3, -0.25) is 28.3 Å². The summed E-state index contributed by atoms with van der Waals surface area (Å²) in [7, 11) is -1.91. The van der Waals surface area contributed by atoms with E-state index < -0.39 is 27.3 Å². The van der Waals surface area contributed by atoms with E-state index in [1.807, 2.05) is 6.07 Å². The van der Waals surface area contributed by atoms with Crippen molar-refractivity contribution in [1.29, 1.82) is 0 Å². The van der Waals surface area contributed by atoms with Crippen LogP contribution in [0.3, 0.4) is 0 Å². The molecule has 13 heteroatoms. The Labute approximate surface area is 201 Å². The van der Waals surface area contributed by atoms with Crippen LogP contribution in [-0.2, 0) is 34.6 Å². The van der Waals surface area contributed by atoms with Gasteiger partial charge in [-0.25, -0.2) is 14.6 Å². The van der Waals surface area contributed by atoms with Crippen LogP contribution in [0.25, 0.3) is 11.0 Å². The number of imidazole rings is 1. The highest BCUT2D eigenvalue weighted by molar-refractivity contribution is 7.33. The SMILES string of the molecule is COC(=O)Nc1nc2cc(C(=O)c3ccccc3)ccc2n1CO[PH](=O)OCOC(=O)OC(C)C. The first-order chi connectivity index (χ1) is 16.8. The Bertz CT molecular complexity index is 1230. The van der Waals surface area contributed by atoms with Crippen molar-refractivity contribution in [2.24, 2.45) is 0 Å². The number of rotatable bonds is 10. The van der Waals surface area contributed by atoms with Crippen LogP contribution in [0.15, 0.2) is 48.5 Å². The summed E-state index contributed by atoms with van der Waals surface area (Å²) in [6, 6.07) is 13.5. The van der Waals surface area contributed by atoms with E-state index in [-0.39, 0.29) is 24.6 Å². The summed E-state index contributed by atoms with van der Waals surface area (Å²) in [5.41, 5.74) is 1.76. The highest BCUT2D eigenvalue weighted by Gasteiger charge is 2.17. The molecule has 2 aromatic carbocycles. The highest BCUT2D eigenvalue weighted by atomic mass is 31.1. The molecule has 1 heterocycles. The van der Waals surface area contributed by atoms with Crippen molar-refractivity contribution in [2.45, 2.75) is 26.7 Å². The van der Waals surface area contributed by atoms with Crippen LogP contribution in [0.1, 0.15) is 29.8 Å². The van der Waals surface area contributed by atoms with Gasteiger partial charge in [0.05, 0.1) is 24.2 Å². The van der Waals surface area contributed by atoms with E-state index in [1.54, 1.807) is 56.3 Å². The second kappa shape index (κ2) is 12.1. The summed E-state index contributed by atoms with van der Waals surface area (Å²) in [4.78, 5) is 40.2. The van der Waals surface area contributed by atoms with Gasteiger partial charge in [-0.2, -0.15) is 0 Å². The summed E-state index contributed by atoms with van der Waals surface area (Å²) >= 11 is 0. The number of amides is 1. The Morgan fingerprint density at radius 3 is 2.49 bits per heavy atom. The van der Waals surface area contributed by atoms with Crippen molar-refractivity contribution in [2.75, 3.05) is 19.2 Å². The van der Waals surface area contributed by atoms with Crippen LogP contribution in [0.2, 0.25) is 0 Å². The molecule has 35 heavy (non-hydrogen) atoms. The number of methoxy groups -OCH3 is 1. The average molecular weight is 505 g/mol. The van der Waals surface area contributed by atoms with E-state index in [4.69, 9.17) is 13.8 Å². The molecule has 0 aliphatic rings. The monoisotopic (exact) mass is 505 g/mol. The topological polar surface area (TPSA) is 144 Å². The number of hydrogen-bond donors (Lipinski definition) is 1. The van der Waals surface area contributed by atoms with Gasteiger partial charge in [0.15, 0.2) is 5.78 Å². The number of nitrogens with one attached hydrogen (secondary N) is 1. The van der Waals surface area contributed by atoms with Gasteiger partial charge in [-0.15, -0.1) is 0 Å². The van der Waals surface area contributed by atoms with E-state index in [1.165, 1.54) is 11.7 Å². The minimum absolute atomic E-state index is 0.0303. The zero-order valence-corrected chi connectivity index (χ0v) is 20.2. The molecule has 1 atom stereocenters. The lowest BCUT2D eigenvalue weighted by Gasteiger charge is -2.11. The molecular weight excluding hydrogens is 481 g/mol. The van der Waals surface area contributed by atoms with Gasteiger partial charge in [0.1, 0.15) is 6.73 Å². The van der Waals surface area contributed by atoms with E-state index in [9.17, 15) is 18.9 Å². The number of ketones is 1. The Morgan fingerprint density at radius 1 is 1.06 bits per heavy atom. The molecular formula is C22H24N3O9P. The molecule has 1 unspecified atom stereocenters. The molecule has 0 bridgehead atoms. The smallest absolute Gasteiger partial charge is 0.453 e. The minimum atomic E-state index is -3.09. The molecule has 0 saturated carbocycles. The predicted molar refractivity (Wildman–Crippen MR) is 124 cm³/mol. The molecule has 12 nitrogen and oxygen atoms in total. The van der Waals surface area contributed by atoms with Crippen molar-refractivity contribution in [1.82, 2.24) is 9.55 Å². The molecule has 3 aromatic rings. The highest BCUT2D eigenvalue weighted by Crippen LogP contribution is 2.28. The number of ether oxygens (including phenoxy) is 3. The Morgan fingerprint density at radius 2 is 1.80 bits per heavy atom. The van der Waals surface area contributed by atoms with Crippen LogP contribution >= 0.6 is 8.25 Å². The van der Waals surface area contributed by atoms with Gasteiger partial charge in [0.25, 0.3) is 0 Å². The molecule has 0 fully saturated rings. The molecule has 1 aromatic heterocycles. The second-order valence-corrected chi connectivity index (χ2v) is 8.30. The van der Waals surface area contributed by atoms with Crippen molar-refractivity contribution < 1.29 is 42.2 Å². The fraction of sp³-hybridized carbons (Fsp3) is 0.273. The number of aromatic nitrogens is 2. The number of fused-ring (bicyclic) bond motifs is 1. The Balaban J connectivity index is 1.75. The number of nitrogens with zero attached hydrogens (tertiary/aromatic N) is 2. The van der Waals surface area contributed by atoms with Crippen LogP contribution in [0.5, 0.6) is 0 Å². The van der Waals surface area contributed by atoms with Crippen molar-refractivity contribution in [3.63, 3.8) is 0 Å². The van der Waals surface area contributed by atoms with Crippen LogP contribution < -0.4 is 5.32 Å². The third-order valence-corrected chi connectivity index (χ3v) is 5.16. The molecule has 0 spiro atoms. The predicted octanol–water partition coefficient (Wildman–Crippen LogP) is 4.35. The quantitative estimate of drug-likeness (QED) is 0.183. The molecule has 186 valence electrons. The van der Waals surface area contributed by atoms with Gasteiger partial charge in [-0.1, -0.05) is 30.3 Å². The first-order valence-corrected chi connectivity index (χ1v) is 11.6. The summed E-state index contributed by atoms with van der Waals surface area (Å²) < 4.78 is 37.6. The second-order valence-electron chi connectivity index (χ2n) is 7.23. The molecule has 0 aliphatic heterocycles. The maximum absolute atomic E-state index is 12.8. The van der Waals surface area contributed by atoms with Crippen molar-refractivity contribution in [3.05, 3.63) is 59.7 Å². The van der Waals surface area contributed by atoms with Crippen LogP contribution in [0, 0.1) is 0 Å². The maximum atomic E-state index is 12.8. The fourth-order valence-corrected chi connectivity index (χ4v) is 3.38. The lowest BCUT2D eigenvalue weighted by atomic mass is 10.0. The van der Waals surface area contributed by atoms with Gasteiger partial charge < -0.3 is 14.2 Å².